The number of hydrogen-bond acceptors (Lipinski definition) is 7. The van der Waals surface area contributed by atoms with Crippen molar-refractivity contribution in [3.8, 4) is 5.75 Å². The number of anilines is 2. The van der Waals surface area contributed by atoms with E-state index in [0.717, 1.165) is 33.9 Å². The number of nitrogens with one attached hydrogen (secondary N) is 1. The number of thioether (sulfide) groups is 1. The molecule has 2 amide bonds. The summed E-state index contributed by atoms with van der Waals surface area (Å²) in [6.07, 6.45) is 3.78. The molecule has 0 spiro atoms. The zero-order valence-corrected chi connectivity index (χ0v) is 19.2. The number of benzene rings is 1. The van der Waals surface area contributed by atoms with Gasteiger partial charge in [-0.25, -0.2) is 14.8 Å². The minimum Gasteiger partial charge on any atom is -0.497 e. The molecule has 0 bridgehead atoms. The highest BCUT2D eigenvalue weighted by Gasteiger charge is 2.30. The lowest BCUT2D eigenvalue weighted by Gasteiger charge is -2.40. The van der Waals surface area contributed by atoms with Crippen LogP contribution in [0.4, 0.5) is 16.3 Å². The highest BCUT2D eigenvalue weighted by atomic mass is 32.2. The highest BCUT2D eigenvalue weighted by Crippen LogP contribution is 2.29. The van der Waals surface area contributed by atoms with Crippen LogP contribution in [-0.4, -0.2) is 69.7 Å². The number of fused-ring (bicyclic) bond motifs is 1. The summed E-state index contributed by atoms with van der Waals surface area (Å²) in [4.78, 5) is 26.3. The van der Waals surface area contributed by atoms with E-state index in [0.29, 0.717) is 24.8 Å². The van der Waals surface area contributed by atoms with Crippen molar-refractivity contribution in [1.29, 1.82) is 0 Å². The number of nitrogens with zero attached hydrogens (tertiary/aromatic N) is 6. The molecule has 3 heterocycles. The summed E-state index contributed by atoms with van der Waals surface area (Å²) < 4.78 is 7.01. The van der Waals surface area contributed by atoms with Gasteiger partial charge in [-0.15, -0.1) is 0 Å². The van der Waals surface area contributed by atoms with Gasteiger partial charge in [-0.2, -0.15) is 5.10 Å². The molecule has 1 aliphatic rings. The maximum Gasteiger partial charge on any atom is 0.321 e. The number of carbonyl (C=O) groups excluding carboxylic acids is 1. The number of aromatic nitrogens is 4. The number of urea groups is 1. The van der Waals surface area contributed by atoms with E-state index in [-0.39, 0.29) is 12.1 Å². The molecular weight excluding hydrogens is 414 g/mol. The van der Waals surface area contributed by atoms with Crippen molar-refractivity contribution < 1.29 is 9.53 Å². The molecule has 1 atom stereocenters. The summed E-state index contributed by atoms with van der Waals surface area (Å²) in [6.45, 7) is 5.95. The van der Waals surface area contributed by atoms with Gasteiger partial charge in [-0.1, -0.05) is 11.8 Å². The van der Waals surface area contributed by atoms with Crippen LogP contribution >= 0.6 is 11.8 Å². The van der Waals surface area contributed by atoms with Gasteiger partial charge in [0.25, 0.3) is 0 Å². The van der Waals surface area contributed by atoms with E-state index in [4.69, 9.17) is 9.72 Å². The van der Waals surface area contributed by atoms with Crippen LogP contribution < -0.4 is 15.0 Å². The van der Waals surface area contributed by atoms with Crippen molar-refractivity contribution in [2.24, 2.45) is 7.05 Å². The number of aryl methyl sites for hydroxylation is 2. The van der Waals surface area contributed by atoms with E-state index < -0.39 is 0 Å². The molecule has 3 aromatic rings. The summed E-state index contributed by atoms with van der Waals surface area (Å²) in [7, 11) is 3.52. The van der Waals surface area contributed by atoms with Crippen molar-refractivity contribution >= 4 is 40.3 Å². The van der Waals surface area contributed by atoms with Crippen LogP contribution in [0.1, 0.15) is 12.5 Å². The molecule has 0 radical (unpaired) electrons. The quantitative estimate of drug-likeness (QED) is 0.491. The minimum absolute atomic E-state index is 0.0984. The molecule has 0 aliphatic carbocycles. The highest BCUT2D eigenvalue weighted by molar-refractivity contribution is 7.98. The van der Waals surface area contributed by atoms with E-state index in [1.807, 2.05) is 49.5 Å². The molecule has 0 saturated carbocycles. The van der Waals surface area contributed by atoms with Crippen molar-refractivity contribution in [2.45, 2.75) is 25.0 Å². The van der Waals surface area contributed by atoms with Crippen LogP contribution in [0.15, 0.2) is 29.6 Å². The average Bonchev–Trinajstić information content (AvgIpc) is 3.15. The predicted octanol–water partition coefficient (Wildman–Crippen LogP) is 3.14. The van der Waals surface area contributed by atoms with E-state index >= 15 is 0 Å². The van der Waals surface area contributed by atoms with Gasteiger partial charge in [0.05, 0.1) is 18.7 Å². The molecular formula is C21H27N7O2S. The Hall–Kier alpha value is -3.01. The first kappa shape index (κ1) is 21.2. The van der Waals surface area contributed by atoms with Gasteiger partial charge in [0.15, 0.2) is 10.8 Å². The van der Waals surface area contributed by atoms with Crippen LogP contribution in [0, 0.1) is 6.92 Å². The predicted molar refractivity (Wildman–Crippen MR) is 123 cm³/mol. The molecule has 1 fully saturated rings. The molecule has 2 aromatic heterocycles. The minimum atomic E-state index is -0.0984. The van der Waals surface area contributed by atoms with Crippen LogP contribution in [0.2, 0.25) is 0 Å². The maximum atomic E-state index is 12.9. The number of piperazine rings is 1. The number of hydrogen-bond donors (Lipinski definition) is 1. The molecule has 9 nitrogen and oxygen atoms in total. The van der Waals surface area contributed by atoms with Crippen LogP contribution in [-0.2, 0) is 7.05 Å². The Morgan fingerprint density at radius 3 is 2.77 bits per heavy atom. The molecule has 1 aliphatic heterocycles. The van der Waals surface area contributed by atoms with Gasteiger partial charge < -0.3 is 19.9 Å². The van der Waals surface area contributed by atoms with E-state index in [1.54, 1.807) is 11.8 Å². The molecule has 1 N–H and O–H groups in total. The Morgan fingerprint density at radius 2 is 2.10 bits per heavy atom. The molecule has 1 aromatic carbocycles. The summed E-state index contributed by atoms with van der Waals surface area (Å²) >= 11 is 1.51. The second-order valence-electron chi connectivity index (χ2n) is 7.64. The van der Waals surface area contributed by atoms with Gasteiger partial charge in [0, 0.05) is 38.4 Å². The Kier molecular flexibility index (Phi) is 5.90. The number of methoxy groups -OCH3 is 1. The third kappa shape index (κ3) is 4.12. The fourth-order valence-electron chi connectivity index (χ4n) is 3.85. The zero-order chi connectivity index (χ0) is 22.1. The Bertz CT molecular complexity index is 1120. The molecule has 164 valence electrons. The largest absolute Gasteiger partial charge is 0.497 e. The fourth-order valence-corrected chi connectivity index (χ4v) is 4.21. The SMILES string of the molecule is COc1ccc(NC(=O)N2CCN(c3nc(SC)nc4c3cnn4C)C(C)C2)c(C)c1. The normalized spacial score (nSPS) is 16.6. The first-order valence-electron chi connectivity index (χ1n) is 10.1. The van der Waals surface area contributed by atoms with Gasteiger partial charge in [-0.05, 0) is 43.9 Å². The first-order chi connectivity index (χ1) is 14.9. The van der Waals surface area contributed by atoms with Crippen molar-refractivity contribution in [3.63, 3.8) is 0 Å². The first-order valence-corrected chi connectivity index (χ1v) is 11.3. The summed E-state index contributed by atoms with van der Waals surface area (Å²) in [6, 6.07) is 5.63. The third-order valence-corrected chi connectivity index (χ3v) is 6.14. The van der Waals surface area contributed by atoms with Gasteiger partial charge in [0.1, 0.15) is 11.6 Å². The van der Waals surface area contributed by atoms with Crippen LogP contribution in [0.25, 0.3) is 11.0 Å². The molecule has 10 heteroatoms. The van der Waals surface area contributed by atoms with Gasteiger partial charge in [-0.3, -0.25) is 4.68 Å². The average molecular weight is 442 g/mol. The standard InChI is InChI=1S/C21H27N7O2S/c1-13-10-15(30-4)6-7-17(13)23-21(29)27-8-9-28(14(2)12-27)19-16-11-22-26(3)18(16)24-20(25-19)31-5/h6-7,10-11,14H,8-9,12H2,1-5H3,(H,23,29). The number of amides is 2. The lowest BCUT2D eigenvalue weighted by Crippen LogP contribution is -2.55. The van der Waals surface area contributed by atoms with Crippen LogP contribution in [0.3, 0.4) is 0 Å². The third-order valence-electron chi connectivity index (χ3n) is 5.60. The van der Waals surface area contributed by atoms with Crippen molar-refractivity contribution in [1.82, 2.24) is 24.6 Å². The maximum absolute atomic E-state index is 12.9. The monoisotopic (exact) mass is 441 g/mol. The topological polar surface area (TPSA) is 88.4 Å². The number of ether oxygens (including phenoxy) is 1. The van der Waals surface area contributed by atoms with Crippen LogP contribution in [0.5, 0.6) is 5.75 Å². The Labute approximate surface area is 185 Å². The second kappa shape index (κ2) is 8.62. The number of rotatable bonds is 4. The Morgan fingerprint density at radius 1 is 1.29 bits per heavy atom. The molecule has 31 heavy (non-hydrogen) atoms. The van der Waals surface area contributed by atoms with Gasteiger partial charge in [0.2, 0.25) is 0 Å². The van der Waals surface area contributed by atoms with E-state index in [9.17, 15) is 4.79 Å². The molecule has 1 unspecified atom stereocenters. The summed E-state index contributed by atoms with van der Waals surface area (Å²) in [5, 5.41) is 9.03. The smallest absolute Gasteiger partial charge is 0.321 e. The fraction of sp³-hybridized carbons (Fsp3) is 0.429. The Balaban J connectivity index is 1.50. The lowest BCUT2D eigenvalue weighted by atomic mass is 10.1. The van der Waals surface area contributed by atoms with Gasteiger partial charge >= 0.3 is 6.03 Å². The lowest BCUT2D eigenvalue weighted by molar-refractivity contribution is 0.200. The van der Waals surface area contributed by atoms with E-state index in [2.05, 4.69) is 27.2 Å². The summed E-state index contributed by atoms with van der Waals surface area (Å²) in [5.74, 6) is 1.65. The van der Waals surface area contributed by atoms with Crippen molar-refractivity contribution in [3.05, 3.63) is 30.0 Å². The summed E-state index contributed by atoms with van der Waals surface area (Å²) in [5.41, 5.74) is 2.57. The molecule has 1 saturated heterocycles. The number of carbonyl (C=O) groups is 1. The zero-order valence-electron chi connectivity index (χ0n) is 18.4. The van der Waals surface area contributed by atoms with E-state index in [1.165, 1.54) is 11.8 Å². The second-order valence-corrected chi connectivity index (χ2v) is 8.41. The van der Waals surface area contributed by atoms with Crippen molar-refractivity contribution in [2.75, 3.05) is 43.2 Å². The molecule has 4 rings (SSSR count).